The Labute approximate surface area is 152 Å². The van der Waals surface area contributed by atoms with Gasteiger partial charge >= 0.3 is 0 Å². The van der Waals surface area contributed by atoms with Crippen LogP contribution in [0.5, 0.6) is 0 Å². The van der Waals surface area contributed by atoms with Crippen LogP contribution in [0.3, 0.4) is 0 Å². The summed E-state index contributed by atoms with van der Waals surface area (Å²) in [6.45, 7) is 2.69. The van der Waals surface area contributed by atoms with Crippen molar-refractivity contribution in [3.05, 3.63) is 66.1 Å². The molecule has 1 aromatic carbocycles. The first kappa shape index (κ1) is 16.7. The molecular formula is C20H23N5O. The van der Waals surface area contributed by atoms with Crippen LogP contribution in [0.4, 0.5) is 0 Å². The van der Waals surface area contributed by atoms with Crippen molar-refractivity contribution in [1.29, 1.82) is 0 Å². The highest BCUT2D eigenvalue weighted by Crippen LogP contribution is 2.34. The summed E-state index contributed by atoms with van der Waals surface area (Å²) in [5.74, 6) is -0.0992. The highest BCUT2D eigenvalue weighted by atomic mass is 16.1. The maximum absolute atomic E-state index is 12.8. The number of hydrogen-bond donors (Lipinski definition) is 1. The quantitative estimate of drug-likeness (QED) is 0.784. The van der Waals surface area contributed by atoms with E-state index in [9.17, 15) is 4.79 Å². The molecule has 1 aliphatic heterocycles. The molecule has 4 rings (SSSR count). The molecule has 3 heterocycles. The van der Waals surface area contributed by atoms with Crippen LogP contribution >= 0.6 is 0 Å². The van der Waals surface area contributed by atoms with Gasteiger partial charge in [0.05, 0.1) is 5.56 Å². The first-order valence-electron chi connectivity index (χ1n) is 8.99. The van der Waals surface area contributed by atoms with E-state index in [1.165, 1.54) is 5.56 Å². The lowest BCUT2D eigenvalue weighted by Gasteiger charge is -2.41. The molecule has 0 saturated carbocycles. The predicted octanol–water partition coefficient (Wildman–Crippen LogP) is 2.12. The second kappa shape index (κ2) is 6.88. The summed E-state index contributed by atoms with van der Waals surface area (Å²) in [7, 11) is 2.15. The van der Waals surface area contributed by atoms with Crippen LogP contribution in [0.2, 0.25) is 0 Å². The van der Waals surface area contributed by atoms with Crippen LogP contribution in [0, 0.1) is 0 Å². The summed E-state index contributed by atoms with van der Waals surface area (Å²) in [4.78, 5) is 15.2. The fraction of sp³-hybridized carbons (Fsp3) is 0.350. The van der Waals surface area contributed by atoms with E-state index in [1.54, 1.807) is 16.8 Å². The van der Waals surface area contributed by atoms with E-state index in [0.717, 1.165) is 25.9 Å². The summed E-state index contributed by atoms with van der Waals surface area (Å²) in [5.41, 5.74) is 2.42. The monoisotopic (exact) mass is 349 g/mol. The molecule has 1 saturated heterocycles. The second-order valence-electron chi connectivity index (χ2n) is 7.12. The number of nitrogens with zero attached hydrogens (tertiary/aromatic N) is 4. The minimum atomic E-state index is -0.0992. The number of piperidine rings is 1. The normalized spacial score (nSPS) is 17.3. The molecule has 0 unspecified atom stereocenters. The number of likely N-dealkylation sites (tertiary alicyclic amines) is 1. The number of carbonyl (C=O) groups excluding carboxylic acids is 1. The molecule has 1 aliphatic rings. The standard InChI is InChI=1S/C20H23N5O/c1-24-12-9-20(10-13-24,16-6-3-2-4-7-16)14-21-19(26)17-8-5-11-25-15-22-23-18(17)25/h2-8,11,15H,9-10,12-14H2,1H3,(H,21,26). The Morgan fingerprint density at radius 3 is 2.69 bits per heavy atom. The van der Waals surface area contributed by atoms with Gasteiger partial charge in [0.25, 0.3) is 5.91 Å². The van der Waals surface area contributed by atoms with Crippen molar-refractivity contribution in [3.8, 4) is 0 Å². The summed E-state index contributed by atoms with van der Waals surface area (Å²) in [6, 6.07) is 14.2. The van der Waals surface area contributed by atoms with Crippen LogP contribution in [0.15, 0.2) is 55.0 Å². The van der Waals surface area contributed by atoms with E-state index >= 15 is 0 Å². The zero-order valence-corrected chi connectivity index (χ0v) is 14.9. The number of rotatable bonds is 4. The average molecular weight is 349 g/mol. The molecular weight excluding hydrogens is 326 g/mol. The van der Waals surface area contributed by atoms with Crippen molar-refractivity contribution < 1.29 is 4.79 Å². The fourth-order valence-corrected chi connectivity index (χ4v) is 3.78. The molecule has 26 heavy (non-hydrogen) atoms. The highest BCUT2D eigenvalue weighted by molar-refractivity contribution is 5.99. The lowest BCUT2D eigenvalue weighted by atomic mass is 9.72. The number of hydrogen-bond acceptors (Lipinski definition) is 4. The van der Waals surface area contributed by atoms with E-state index in [1.807, 2.05) is 18.3 Å². The zero-order chi connectivity index (χ0) is 18.0. The van der Waals surface area contributed by atoms with Crippen molar-refractivity contribution >= 4 is 11.6 Å². The lowest BCUT2D eigenvalue weighted by molar-refractivity contribution is 0.0929. The maximum atomic E-state index is 12.8. The summed E-state index contributed by atoms with van der Waals surface area (Å²) < 4.78 is 1.76. The van der Waals surface area contributed by atoms with Gasteiger partial charge in [0.15, 0.2) is 5.65 Å². The van der Waals surface area contributed by atoms with Crippen molar-refractivity contribution in [2.75, 3.05) is 26.7 Å². The molecule has 3 aromatic rings. The largest absolute Gasteiger partial charge is 0.351 e. The van der Waals surface area contributed by atoms with Crippen molar-refractivity contribution in [2.24, 2.45) is 0 Å². The summed E-state index contributed by atoms with van der Waals surface area (Å²) in [6.07, 6.45) is 5.51. The van der Waals surface area contributed by atoms with Gasteiger partial charge in [0.1, 0.15) is 6.33 Å². The molecule has 134 valence electrons. The summed E-state index contributed by atoms with van der Waals surface area (Å²) in [5, 5.41) is 11.1. The Morgan fingerprint density at radius 1 is 1.15 bits per heavy atom. The number of carbonyl (C=O) groups is 1. The van der Waals surface area contributed by atoms with Gasteiger partial charge in [-0.25, -0.2) is 0 Å². The van der Waals surface area contributed by atoms with Crippen LogP contribution in [-0.4, -0.2) is 52.1 Å². The van der Waals surface area contributed by atoms with Crippen LogP contribution in [0.1, 0.15) is 28.8 Å². The van der Waals surface area contributed by atoms with Crippen LogP contribution < -0.4 is 5.32 Å². The van der Waals surface area contributed by atoms with Gasteiger partial charge in [-0.3, -0.25) is 9.20 Å². The Kier molecular flexibility index (Phi) is 4.42. The van der Waals surface area contributed by atoms with E-state index in [-0.39, 0.29) is 11.3 Å². The average Bonchev–Trinajstić information content (AvgIpc) is 3.17. The van der Waals surface area contributed by atoms with Crippen LogP contribution in [-0.2, 0) is 5.41 Å². The second-order valence-corrected chi connectivity index (χ2v) is 7.12. The number of benzene rings is 1. The van der Waals surface area contributed by atoms with Gasteiger partial charge in [-0.2, -0.15) is 0 Å². The number of nitrogens with one attached hydrogen (secondary N) is 1. The zero-order valence-electron chi connectivity index (χ0n) is 14.9. The molecule has 0 radical (unpaired) electrons. The first-order valence-corrected chi connectivity index (χ1v) is 8.99. The van der Waals surface area contributed by atoms with Gasteiger partial charge in [-0.1, -0.05) is 30.3 Å². The van der Waals surface area contributed by atoms with Gasteiger partial charge < -0.3 is 10.2 Å². The number of aromatic nitrogens is 3. The molecule has 2 aromatic heterocycles. The Morgan fingerprint density at radius 2 is 1.92 bits per heavy atom. The number of pyridine rings is 1. The molecule has 6 nitrogen and oxygen atoms in total. The topological polar surface area (TPSA) is 62.5 Å². The number of fused-ring (bicyclic) bond motifs is 1. The van der Waals surface area contributed by atoms with Crippen molar-refractivity contribution in [1.82, 2.24) is 24.8 Å². The Balaban J connectivity index is 1.57. The van der Waals surface area contributed by atoms with Gasteiger partial charge in [0, 0.05) is 18.2 Å². The molecule has 0 spiro atoms. The lowest BCUT2D eigenvalue weighted by Crippen LogP contribution is -2.48. The molecule has 0 aliphatic carbocycles. The third-order valence-corrected chi connectivity index (χ3v) is 5.49. The fourth-order valence-electron chi connectivity index (χ4n) is 3.78. The minimum Gasteiger partial charge on any atom is -0.351 e. The summed E-state index contributed by atoms with van der Waals surface area (Å²) >= 11 is 0. The highest BCUT2D eigenvalue weighted by Gasteiger charge is 2.35. The molecule has 1 amide bonds. The smallest absolute Gasteiger partial charge is 0.255 e. The third kappa shape index (κ3) is 3.08. The molecule has 1 N–H and O–H groups in total. The molecule has 0 bridgehead atoms. The SMILES string of the molecule is CN1CCC(CNC(=O)c2cccn3cnnc23)(c2ccccc2)CC1. The third-order valence-electron chi connectivity index (χ3n) is 5.49. The van der Waals surface area contributed by atoms with Crippen LogP contribution in [0.25, 0.3) is 5.65 Å². The minimum absolute atomic E-state index is 0.0256. The Hall–Kier alpha value is -2.73. The van der Waals surface area contributed by atoms with E-state index in [2.05, 4.69) is 51.7 Å². The van der Waals surface area contributed by atoms with Gasteiger partial charge in [0.2, 0.25) is 0 Å². The number of amides is 1. The van der Waals surface area contributed by atoms with E-state index < -0.39 is 0 Å². The first-order chi connectivity index (χ1) is 12.7. The predicted molar refractivity (Wildman–Crippen MR) is 100 cm³/mol. The van der Waals surface area contributed by atoms with Gasteiger partial charge in [-0.05, 0) is 50.7 Å². The maximum Gasteiger partial charge on any atom is 0.255 e. The molecule has 6 heteroatoms. The Bertz CT molecular complexity index is 897. The van der Waals surface area contributed by atoms with Crippen molar-refractivity contribution in [2.45, 2.75) is 18.3 Å². The van der Waals surface area contributed by atoms with E-state index in [4.69, 9.17) is 0 Å². The van der Waals surface area contributed by atoms with Crippen molar-refractivity contribution in [3.63, 3.8) is 0 Å². The van der Waals surface area contributed by atoms with E-state index in [0.29, 0.717) is 17.8 Å². The van der Waals surface area contributed by atoms with Gasteiger partial charge in [-0.15, -0.1) is 10.2 Å². The molecule has 0 atom stereocenters. The molecule has 1 fully saturated rings.